The molecule has 0 spiro atoms. The number of carbonyl (C=O) groups is 1. The van der Waals surface area contributed by atoms with Crippen LogP contribution in [0.15, 0.2) is 51.4 Å². The fraction of sp³-hybridized carbons (Fsp3) is 0.133. The molecule has 2 aromatic rings. The topological polar surface area (TPSA) is 58.6 Å². The molecular weight excluding hydrogens is 402 g/mol. The first kappa shape index (κ1) is 16.0. The zero-order chi connectivity index (χ0) is 15.2. The summed E-state index contributed by atoms with van der Waals surface area (Å²) in [5, 5.41) is 12.0. The van der Waals surface area contributed by atoms with Crippen LogP contribution >= 0.6 is 31.9 Å². The van der Waals surface area contributed by atoms with Crippen LogP contribution < -0.4 is 10.1 Å². The van der Waals surface area contributed by atoms with E-state index in [4.69, 9.17) is 4.74 Å². The number of carbonyl (C=O) groups excluding carboxylic acids is 1. The van der Waals surface area contributed by atoms with Gasteiger partial charge in [0.05, 0.1) is 12.3 Å². The molecule has 0 aliphatic rings. The van der Waals surface area contributed by atoms with Gasteiger partial charge in [0.1, 0.15) is 5.75 Å². The maximum absolute atomic E-state index is 11.9. The minimum Gasteiger partial charge on any atom is -0.483 e. The van der Waals surface area contributed by atoms with Gasteiger partial charge in [-0.05, 0) is 46.3 Å². The molecule has 0 fully saturated rings. The molecule has 0 aromatic heterocycles. The van der Waals surface area contributed by atoms with Crippen LogP contribution in [0.4, 0.5) is 5.69 Å². The molecule has 110 valence electrons. The van der Waals surface area contributed by atoms with Gasteiger partial charge in [-0.25, -0.2) is 0 Å². The van der Waals surface area contributed by atoms with Crippen molar-refractivity contribution in [2.24, 2.45) is 0 Å². The molecule has 2 N–H and O–H groups in total. The van der Waals surface area contributed by atoms with E-state index in [1.54, 1.807) is 24.3 Å². The van der Waals surface area contributed by atoms with E-state index >= 15 is 0 Å². The summed E-state index contributed by atoms with van der Waals surface area (Å²) in [6.45, 7) is -0.281. The van der Waals surface area contributed by atoms with Gasteiger partial charge in [0.25, 0.3) is 5.91 Å². The first-order chi connectivity index (χ1) is 10.1. The molecule has 0 aliphatic heterocycles. The standard InChI is InChI=1S/C15H13Br2NO3/c16-11-5-6-14(10(7-11)8-19)21-9-15(20)18-13-4-2-1-3-12(13)17/h1-7,19H,8-9H2,(H,18,20). The maximum atomic E-state index is 11.9. The van der Waals surface area contributed by atoms with Gasteiger partial charge in [-0.1, -0.05) is 28.1 Å². The van der Waals surface area contributed by atoms with Crippen molar-refractivity contribution >= 4 is 43.5 Å². The van der Waals surface area contributed by atoms with Gasteiger partial charge in [-0.15, -0.1) is 0 Å². The lowest BCUT2D eigenvalue weighted by molar-refractivity contribution is -0.118. The van der Waals surface area contributed by atoms with Crippen molar-refractivity contribution in [3.8, 4) is 5.75 Å². The number of para-hydroxylation sites is 1. The van der Waals surface area contributed by atoms with Crippen LogP contribution in [0.2, 0.25) is 0 Å². The highest BCUT2D eigenvalue weighted by atomic mass is 79.9. The molecule has 0 atom stereocenters. The Morgan fingerprint density at radius 1 is 1.19 bits per heavy atom. The molecule has 2 aromatic carbocycles. The average molecular weight is 415 g/mol. The van der Waals surface area contributed by atoms with Crippen molar-refractivity contribution in [1.82, 2.24) is 0 Å². The first-order valence-electron chi connectivity index (χ1n) is 6.16. The van der Waals surface area contributed by atoms with E-state index < -0.39 is 0 Å². The molecule has 0 bridgehead atoms. The van der Waals surface area contributed by atoms with Crippen molar-refractivity contribution in [3.05, 3.63) is 57.0 Å². The molecule has 0 radical (unpaired) electrons. The molecule has 2 rings (SSSR count). The van der Waals surface area contributed by atoms with Crippen molar-refractivity contribution in [1.29, 1.82) is 0 Å². The van der Waals surface area contributed by atoms with Crippen LogP contribution in [0.3, 0.4) is 0 Å². The van der Waals surface area contributed by atoms with Gasteiger partial charge in [-0.3, -0.25) is 4.79 Å². The molecule has 6 heteroatoms. The summed E-state index contributed by atoms with van der Waals surface area (Å²) in [7, 11) is 0. The number of aliphatic hydroxyl groups excluding tert-OH is 1. The molecular formula is C15H13Br2NO3. The highest BCUT2D eigenvalue weighted by Crippen LogP contribution is 2.24. The lowest BCUT2D eigenvalue weighted by atomic mass is 10.2. The summed E-state index contributed by atoms with van der Waals surface area (Å²) >= 11 is 6.68. The number of nitrogens with one attached hydrogen (secondary N) is 1. The number of ether oxygens (including phenoxy) is 1. The van der Waals surface area contributed by atoms with E-state index in [1.165, 1.54) is 0 Å². The normalized spacial score (nSPS) is 10.2. The minimum absolute atomic E-state index is 0.129. The third-order valence-corrected chi connectivity index (χ3v) is 3.88. The third kappa shape index (κ3) is 4.56. The number of hydrogen-bond donors (Lipinski definition) is 2. The van der Waals surface area contributed by atoms with Crippen molar-refractivity contribution in [2.75, 3.05) is 11.9 Å². The van der Waals surface area contributed by atoms with Crippen LogP contribution in [0.5, 0.6) is 5.75 Å². The summed E-state index contributed by atoms with van der Waals surface area (Å²) in [5.41, 5.74) is 1.31. The van der Waals surface area contributed by atoms with Gasteiger partial charge in [0, 0.05) is 14.5 Å². The smallest absolute Gasteiger partial charge is 0.262 e. The molecule has 4 nitrogen and oxygen atoms in total. The number of amides is 1. The van der Waals surface area contributed by atoms with E-state index in [-0.39, 0.29) is 19.1 Å². The summed E-state index contributed by atoms with van der Waals surface area (Å²) in [6, 6.07) is 12.6. The largest absolute Gasteiger partial charge is 0.483 e. The summed E-state index contributed by atoms with van der Waals surface area (Å²) in [5.74, 6) is 0.219. The molecule has 0 unspecified atom stereocenters. The number of anilines is 1. The maximum Gasteiger partial charge on any atom is 0.262 e. The fourth-order valence-electron chi connectivity index (χ4n) is 1.70. The second kappa shape index (κ2) is 7.59. The second-order valence-corrected chi connectivity index (χ2v) is 6.00. The zero-order valence-corrected chi connectivity index (χ0v) is 14.1. The Kier molecular flexibility index (Phi) is 5.78. The van der Waals surface area contributed by atoms with Crippen molar-refractivity contribution in [3.63, 3.8) is 0 Å². The van der Waals surface area contributed by atoms with Gasteiger partial charge in [-0.2, -0.15) is 0 Å². The summed E-state index contributed by atoms with van der Waals surface area (Å²) in [6.07, 6.45) is 0. The molecule has 0 aliphatic carbocycles. The van der Waals surface area contributed by atoms with Crippen LogP contribution in [0, 0.1) is 0 Å². The average Bonchev–Trinajstić information content (AvgIpc) is 2.48. The van der Waals surface area contributed by atoms with E-state index in [2.05, 4.69) is 37.2 Å². The van der Waals surface area contributed by atoms with Gasteiger partial charge in [0.15, 0.2) is 6.61 Å². The minimum atomic E-state index is -0.270. The second-order valence-electron chi connectivity index (χ2n) is 4.23. The number of halogens is 2. The summed E-state index contributed by atoms with van der Waals surface area (Å²) in [4.78, 5) is 11.9. The molecule has 1 amide bonds. The Hall–Kier alpha value is -1.37. The van der Waals surface area contributed by atoms with E-state index in [1.807, 2.05) is 18.2 Å². The van der Waals surface area contributed by atoms with Crippen molar-refractivity contribution in [2.45, 2.75) is 6.61 Å². The Morgan fingerprint density at radius 2 is 1.95 bits per heavy atom. The van der Waals surface area contributed by atoms with Crippen molar-refractivity contribution < 1.29 is 14.6 Å². The van der Waals surface area contributed by atoms with Crippen LogP contribution in [-0.4, -0.2) is 17.6 Å². The van der Waals surface area contributed by atoms with Crippen LogP contribution in [-0.2, 0) is 11.4 Å². The third-order valence-electron chi connectivity index (χ3n) is 2.70. The van der Waals surface area contributed by atoms with Crippen LogP contribution in [0.1, 0.15) is 5.56 Å². The predicted octanol–water partition coefficient (Wildman–Crippen LogP) is 3.72. The van der Waals surface area contributed by atoms with Gasteiger partial charge in [0.2, 0.25) is 0 Å². The lowest BCUT2D eigenvalue weighted by Gasteiger charge is -2.11. The van der Waals surface area contributed by atoms with E-state index in [0.717, 1.165) is 8.95 Å². The Balaban J connectivity index is 1.97. The molecule has 0 saturated heterocycles. The molecule has 21 heavy (non-hydrogen) atoms. The highest BCUT2D eigenvalue weighted by molar-refractivity contribution is 9.10. The Labute approximate surface area is 139 Å². The predicted molar refractivity (Wildman–Crippen MR) is 88.3 cm³/mol. The lowest BCUT2D eigenvalue weighted by Crippen LogP contribution is -2.20. The monoisotopic (exact) mass is 413 g/mol. The summed E-state index contributed by atoms with van der Waals surface area (Å²) < 4.78 is 7.10. The zero-order valence-electron chi connectivity index (χ0n) is 11.0. The number of aliphatic hydroxyl groups is 1. The van der Waals surface area contributed by atoms with Gasteiger partial charge >= 0.3 is 0 Å². The Morgan fingerprint density at radius 3 is 2.67 bits per heavy atom. The number of hydrogen-bond acceptors (Lipinski definition) is 3. The Bertz CT molecular complexity index is 647. The van der Waals surface area contributed by atoms with Crippen LogP contribution in [0.25, 0.3) is 0 Å². The highest BCUT2D eigenvalue weighted by Gasteiger charge is 2.08. The SMILES string of the molecule is O=C(COc1ccc(Br)cc1CO)Nc1ccccc1Br. The number of rotatable bonds is 5. The first-order valence-corrected chi connectivity index (χ1v) is 7.75. The fourth-order valence-corrected chi connectivity index (χ4v) is 2.50. The molecule has 0 saturated carbocycles. The number of benzene rings is 2. The van der Waals surface area contributed by atoms with E-state index in [9.17, 15) is 9.90 Å². The molecule has 0 heterocycles. The van der Waals surface area contributed by atoms with E-state index in [0.29, 0.717) is 17.0 Å². The quantitative estimate of drug-likeness (QED) is 0.783. The van der Waals surface area contributed by atoms with Gasteiger partial charge < -0.3 is 15.2 Å².